The van der Waals surface area contributed by atoms with E-state index in [1.807, 2.05) is 0 Å². The number of carboxylic acids is 1. The van der Waals surface area contributed by atoms with Crippen LogP contribution >= 0.6 is 0 Å². The number of nitrogens with one attached hydrogen (secondary N) is 1. The standard InChI is InChI=1S/C19H17N3O7/c23-12-5-1-10(2-6-12)15(21-29)17(25)20-14-9-22(18(14)26)16(19(27)28)11-3-7-13(24)8-4-11/h1-8,14,16,23-24,29H,9H2,(H,20,25)(H,27,28)/b21-15-/t14-,16-/m0/s1. The minimum atomic E-state index is -1.26. The first kappa shape index (κ1) is 19.7. The number of oxime groups is 1. The highest BCUT2D eigenvalue weighted by Crippen LogP contribution is 2.28. The van der Waals surface area contributed by atoms with Crippen LogP contribution in [0.4, 0.5) is 0 Å². The molecule has 1 saturated heterocycles. The fourth-order valence-corrected chi connectivity index (χ4v) is 2.99. The minimum Gasteiger partial charge on any atom is -0.508 e. The zero-order valence-corrected chi connectivity index (χ0v) is 14.9. The number of hydrogen-bond acceptors (Lipinski definition) is 7. The number of nitrogens with zero attached hydrogens (tertiary/aromatic N) is 2. The molecule has 3 rings (SSSR count). The van der Waals surface area contributed by atoms with Crippen molar-refractivity contribution in [3.63, 3.8) is 0 Å². The van der Waals surface area contributed by atoms with Gasteiger partial charge in [-0.05, 0) is 42.0 Å². The summed E-state index contributed by atoms with van der Waals surface area (Å²) in [4.78, 5) is 37.5. The zero-order chi connectivity index (χ0) is 21.1. The lowest BCUT2D eigenvalue weighted by Crippen LogP contribution is -2.66. The predicted octanol–water partition coefficient (Wildman–Crippen LogP) is 0.429. The molecular weight excluding hydrogens is 382 g/mol. The number of aliphatic carboxylic acids is 1. The molecule has 150 valence electrons. The number of rotatable bonds is 6. The van der Waals surface area contributed by atoms with Gasteiger partial charge in [0.2, 0.25) is 5.91 Å². The second-order valence-electron chi connectivity index (χ2n) is 6.34. The van der Waals surface area contributed by atoms with Gasteiger partial charge in [-0.25, -0.2) is 4.79 Å². The van der Waals surface area contributed by atoms with Gasteiger partial charge in [-0.15, -0.1) is 0 Å². The second kappa shape index (κ2) is 7.89. The molecule has 2 atom stereocenters. The van der Waals surface area contributed by atoms with Gasteiger partial charge in [0.05, 0.1) is 6.54 Å². The molecule has 5 N–H and O–H groups in total. The van der Waals surface area contributed by atoms with Crippen molar-refractivity contribution in [1.82, 2.24) is 10.2 Å². The van der Waals surface area contributed by atoms with Gasteiger partial charge in [-0.2, -0.15) is 0 Å². The van der Waals surface area contributed by atoms with E-state index >= 15 is 0 Å². The number of carbonyl (C=O) groups excluding carboxylic acids is 2. The first-order valence-electron chi connectivity index (χ1n) is 8.46. The Balaban J connectivity index is 1.69. The normalized spacial score (nSPS) is 17.4. The number of likely N-dealkylation sites (tertiary alicyclic amines) is 1. The monoisotopic (exact) mass is 399 g/mol. The molecule has 1 aliphatic heterocycles. The Bertz CT molecular complexity index is 970. The highest BCUT2D eigenvalue weighted by molar-refractivity contribution is 6.45. The third-order valence-electron chi connectivity index (χ3n) is 4.48. The Labute approximate surface area is 164 Å². The molecule has 0 saturated carbocycles. The lowest BCUT2D eigenvalue weighted by molar-refractivity contribution is -0.160. The molecule has 1 heterocycles. The van der Waals surface area contributed by atoms with Crippen LogP contribution in [0.15, 0.2) is 53.7 Å². The summed E-state index contributed by atoms with van der Waals surface area (Å²) in [7, 11) is 0. The van der Waals surface area contributed by atoms with Crippen molar-refractivity contribution in [2.45, 2.75) is 12.1 Å². The largest absolute Gasteiger partial charge is 0.508 e. The summed E-state index contributed by atoms with van der Waals surface area (Å²) in [6, 6.07) is 8.53. The average molecular weight is 399 g/mol. The van der Waals surface area contributed by atoms with E-state index in [4.69, 9.17) is 5.21 Å². The molecule has 0 aromatic heterocycles. The Hall–Kier alpha value is -4.08. The summed E-state index contributed by atoms with van der Waals surface area (Å²) in [5.74, 6) is -2.77. The number of amides is 2. The molecule has 2 amide bonds. The SMILES string of the molecule is O=C(N[C@H]1CN([C@H](C(=O)O)c2ccc(O)cc2)C1=O)/C(=N\O)c1ccc(O)cc1. The molecule has 10 heteroatoms. The van der Waals surface area contributed by atoms with E-state index in [1.165, 1.54) is 48.5 Å². The van der Waals surface area contributed by atoms with Crippen molar-refractivity contribution in [3.05, 3.63) is 59.7 Å². The number of phenolic OH excluding ortho intramolecular Hbond substituents is 2. The lowest BCUT2D eigenvalue weighted by Gasteiger charge is -2.42. The van der Waals surface area contributed by atoms with E-state index in [2.05, 4.69) is 10.5 Å². The molecule has 2 aromatic rings. The van der Waals surface area contributed by atoms with Crippen LogP contribution in [-0.4, -0.2) is 61.5 Å². The topological polar surface area (TPSA) is 160 Å². The van der Waals surface area contributed by atoms with E-state index in [9.17, 15) is 29.7 Å². The number of aromatic hydroxyl groups is 2. The van der Waals surface area contributed by atoms with Gasteiger partial charge in [-0.3, -0.25) is 9.59 Å². The third-order valence-corrected chi connectivity index (χ3v) is 4.48. The van der Waals surface area contributed by atoms with Crippen molar-refractivity contribution in [1.29, 1.82) is 0 Å². The van der Waals surface area contributed by atoms with Crippen LogP contribution < -0.4 is 5.32 Å². The summed E-state index contributed by atoms with van der Waals surface area (Å²) in [6.07, 6.45) is 0. The van der Waals surface area contributed by atoms with Crippen LogP contribution in [0, 0.1) is 0 Å². The maximum atomic E-state index is 12.4. The quantitative estimate of drug-likeness (QED) is 0.204. The molecule has 0 bridgehead atoms. The first-order valence-corrected chi connectivity index (χ1v) is 8.46. The van der Waals surface area contributed by atoms with Crippen LogP contribution in [0.2, 0.25) is 0 Å². The first-order chi connectivity index (χ1) is 13.8. The summed E-state index contributed by atoms with van der Waals surface area (Å²) >= 11 is 0. The Morgan fingerprint density at radius 1 is 1.03 bits per heavy atom. The number of β-lactam (4-membered cyclic amide) rings is 1. The van der Waals surface area contributed by atoms with E-state index in [1.54, 1.807) is 0 Å². The molecule has 1 fully saturated rings. The maximum absolute atomic E-state index is 12.4. The lowest BCUT2D eigenvalue weighted by atomic mass is 9.97. The number of carbonyl (C=O) groups is 3. The molecule has 0 spiro atoms. The fourth-order valence-electron chi connectivity index (χ4n) is 2.99. The molecule has 2 aromatic carbocycles. The van der Waals surface area contributed by atoms with Crippen LogP contribution in [0.5, 0.6) is 11.5 Å². The van der Waals surface area contributed by atoms with Crippen LogP contribution in [0.1, 0.15) is 17.2 Å². The second-order valence-corrected chi connectivity index (χ2v) is 6.34. The molecule has 0 radical (unpaired) electrons. The molecule has 29 heavy (non-hydrogen) atoms. The van der Waals surface area contributed by atoms with Crippen molar-refractivity contribution >= 4 is 23.5 Å². The van der Waals surface area contributed by atoms with Crippen molar-refractivity contribution in [2.24, 2.45) is 5.16 Å². The average Bonchev–Trinajstić information content (AvgIpc) is 2.69. The van der Waals surface area contributed by atoms with Crippen molar-refractivity contribution in [2.75, 3.05) is 6.54 Å². The minimum absolute atomic E-state index is 0.0368. The van der Waals surface area contributed by atoms with E-state index in [0.717, 1.165) is 4.90 Å². The molecule has 10 nitrogen and oxygen atoms in total. The number of hydrogen-bond donors (Lipinski definition) is 5. The Kier molecular flexibility index (Phi) is 5.35. The van der Waals surface area contributed by atoms with Gasteiger partial charge in [0.1, 0.15) is 17.5 Å². The number of phenols is 2. The number of benzene rings is 2. The Morgan fingerprint density at radius 2 is 1.59 bits per heavy atom. The van der Waals surface area contributed by atoms with E-state index in [-0.39, 0.29) is 29.3 Å². The van der Waals surface area contributed by atoms with Gasteiger partial charge in [0.25, 0.3) is 5.91 Å². The predicted molar refractivity (Wildman–Crippen MR) is 98.6 cm³/mol. The van der Waals surface area contributed by atoms with Crippen LogP contribution in [0.25, 0.3) is 0 Å². The fraction of sp³-hybridized carbons (Fsp3) is 0.158. The van der Waals surface area contributed by atoms with Crippen LogP contribution in [0.3, 0.4) is 0 Å². The van der Waals surface area contributed by atoms with E-state index in [0.29, 0.717) is 5.56 Å². The summed E-state index contributed by atoms with van der Waals surface area (Å²) in [5.41, 5.74) is 0.165. The van der Waals surface area contributed by atoms with Gasteiger partial charge < -0.3 is 30.7 Å². The highest BCUT2D eigenvalue weighted by atomic mass is 16.4. The Morgan fingerprint density at radius 3 is 2.07 bits per heavy atom. The maximum Gasteiger partial charge on any atom is 0.331 e. The van der Waals surface area contributed by atoms with Gasteiger partial charge in [0, 0.05) is 5.56 Å². The molecular formula is C19H17N3O7. The van der Waals surface area contributed by atoms with Gasteiger partial charge in [0.15, 0.2) is 11.8 Å². The zero-order valence-electron chi connectivity index (χ0n) is 14.9. The van der Waals surface area contributed by atoms with Crippen LogP contribution in [-0.2, 0) is 14.4 Å². The highest BCUT2D eigenvalue weighted by Gasteiger charge is 2.45. The molecule has 0 unspecified atom stereocenters. The van der Waals surface area contributed by atoms with Gasteiger partial charge >= 0.3 is 5.97 Å². The smallest absolute Gasteiger partial charge is 0.331 e. The third kappa shape index (κ3) is 3.95. The molecule has 0 aliphatic carbocycles. The van der Waals surface area contributed by atoms with Crippen molar-refractivity contribution in [3.8, 4) is 11.5 Å². The van der Waals surface area contributed by atoms with E-state index < -0.39 is 29.9 Å². The number of carboxylic acid groups (broad SMARTS) is 1. The molecule has 1 aliphatic rings. The van der Waals surface area contributed by atoms with Crippen molar-refractivity contribution < 1.29 is 34.9 Å². The summed E-state index contributed by atoms with van der Waals surface area (Å²) in [6.45, 7) is -0.0588. The summed E-state index contributed by atoms with van der Waals surface area (Å²) in [5, 5.41) is 42.6. The van der Waals surface area contributed by atoms with Gasteiger partial charge in [-0.1, -0.05) is 17.3 Å². The summed E-state index contributed by atoms with van der Waals surface area (Å²) < 4.78 is 0.